The third kappa shape index (κ3) is 2.86. The highest BCUT2D eigenvalue weighted by Crippen LogP contribution is 2.22. The fourth-order valence-electron chi connectivity index (χ4n) is 2.50. The van der Waals surface area contributed by atoms with Crippen LogP contribution >= 0.6 is 0 Å². The molecule has 7 heteroatoms. The number of benzene rings is 1. The van der Waals surface area contributed by atoms with Gasteiger partial charge in [0.15, 0.2) is 5.65 Å². The van der Waals surface area contributed by atoms with Crippen LogP contribution in [0.3, 0.4) is 0 Å². The lowest BCUT2D eigenvalue weighted by Gasteiger charge is -2.12. The van der Waals surface area contributed by atoms with E-state index < -0.39 is 5.56 Å². The van der Waals surface area contributed by atoms with Crippen molar-refractivity contribution in [3.8, 4) is 0 Å². The highest BCUT2D eigenvalue weighted by Gasteiger charge is 2.12. The normalized spacial score (nSPS) is 10.9. The zero-order valence-corrected chi connectivity index (χ0v) is 12.7. The third-order valence-electron chi connectivity index (χ3n) is 3.67. The molecule has 0 aliphatic rings. The first-order valence-corrected chi connectivity index (χ1v) is 7.18. The molecule has 1 aromatic carbocycles. The zero-order valence-electron chi connectivity index (χ0n) is 12.7. The molecule has 2 aromatic heterocycles. The molecule has 2 heterocycles. The number of nitrogens with zero attached hydrogens (tertiary/aromatic N) is 3. The van der Waals surface area contributed by atoms with Gasteiger partial charge in [-0.2, -0.15) is 0 Å². The quantitative estimate of drug-likeness (QED) is 0.629. The predicted octanol–water partition coefficient (Wildman–Crippen LogP) is 1.41. The number of nitrogens with two attached hydrogens (primary N) is 1. The van der Waals surface area contributed by atoms with Crippen LogP contribution < -0.4 is 16.6 Å². The zero-order chi connectivity index (χ0) is 16.4. The Bertz CT molecular complexity index is 920. The monoisotopic (exact) mass is 311 g/mol. The number of hydrogen-bond donors (Lipinski definition) is 3. The van der Waals surface area contributed by atoms with Crippen molar-refractivity contribution in [1.82, 2.24) is 14.7 Å². The summed E-state index contributed by atoms with van der Waals surface area (Å²) < 4.78 is 0.532. The van der Waals surface area contributed by atoms with Gasteiger partial charge in [0.25, 0.3) is 5.56 Å². The second-order valence-corrected chi connectivity index (χ2v) is 5.24. The van der Waals surface area contributed by atoms with Crippen molar-refractivity contribution >= 4 is 16.7 Å². The van der Waals surface area contributed by atoms with Crippen LogP contribution in [-0.2, 0) is 13.1 Å². The molecule has 23 heavy (non-hydrogen) atoms. The van der Waals surface area contributed by atoms with Crippen LogP contribution in [0.5, 0.6) is 0 Å². The van der Waals surface area contributed by atoms with Crippen LogP contribution in [0, 0.1) is 6.92 Å². The summed E-state index contributed by atoms with van der Waals surface area (Å²) >= 11 is 0. The van der Waals surface area contributed by atoms with Crippen LogP contribution in [-0.4, -0.2) is 19.9 Å². The van der Waals surface area contributed by atoms with Gasteiger partial charge in [0.2, 0.25) is 0 Å². The van der Waals surface area contributed by atoms with E-state index in [-0.39, 0.29) is 5.65 Å². The Balaban J connectivity index is 2.00. The fraction of sp³-hybridized carbons (Fsp3) is 0.188. The summed E-state index contributed by atoms with van der Waals surface area (Å²) in [6.45, 7) is 2.80. The summed E-state index contributed by atoms with van der Waals surface area (Å²) in [6.07, 6.45) is 1.32. The van der Waals surface area contributed by atoms with Gasteiger partial charge in [0, 0.05) is 19.2 Å². The van der Waals surface area contributed by atoms with Crippen molar-refractivity contribution < 1.29 is 5.21 Å². The number of fused-ring (bicyclic) bond motifs is 1. The van der Waals surface area contributed by atoms with E-state index in [4.69, 9.17) is 5.73 Å². The lowest BCUT2D eigenvalue weighted by molar-refractivity contribution is 0.186. The minimum absolute atomic E-state index is 0.184. The molecule has 0 amide bonds. The third-order valence-corrected chi connectivity index (χ3v) is 3.67. The molecule has 118 valence electrons. The molecule has 0 radical (unpaired) electrons. The first-order chi connectivity index (χ1) is 11.1. The maximum atomic E-state index is 11.9. The van der Waals surface area contributed by atoms with Gasteiger partial charge in [-0.25, -0.2) is 9.97 Å². The predicted molar refractivity (Wildman–Crippen MR) is 87.4 cm³/mol. The Hall–Kier alpha value is -2.93. The van der Waals surface area contributed by atoms with Gasteiger partial charge in [0.05, 0.1) is 16.8 Å². The van der Waals surface area contributed by atoms with E-state index in [1.165, 1.54) is 12.4 Å². The maximum Gasteiger partial charge on any atom is 0.286 e. The number of hydrogen-bond acceptors (Lipinski definition) is 6. The van der Waals surface area contributed by atoms with Crippen molar-refractivity contribution in [2.24, 2.45) is 5.73 Å². The number of aryl methyl sites for hydroxylation is 1. The fourth-order valence-corrected chi connectivity index (χ4v) is 2.50. The molecule has 0 saturated heterocycles. The van der Waals surface area contributed by atoms with E-state index in [9.17, 15) is 10.0 Å². The van der Waals surface area contributed by atoms with E-state index in [2.05, 4.69) is 15.3 Å². The molecular formula is C16H17N5O2. The minimum Gasteiger partial charge on any atom is -0.423 e. The molecule has 0 fully saturated rings. The largest absolute Gasteiger partial charge is 0.423 e. The first kappa shape index (κ1) is 15.0. The van der Waals surface area contributed by atoms with Crippen LogP contribution in [0.2, 0.25) is 0 Å². The van der Waals surface area contributed by atoms with E-state index in [0.29, 0.717) is 34.6 Å². The molecule has 0 unspecified atom stereocenters. The summed E-state index contributed by atoms with van der Waals surface area (Å²) in [5, 5.41) is 13.7. The molecule has 3 aromatic rings. The summed E-state index contributed by atoms with van der Waals surface area (Å²) in [5.74, 6) is 0. The number of pyridine rings is 1. The van der Waals surface area contributed by atoms with Crippen LogP contribution in [0.25, 0.3) is 11.0 Å². The summed E-state index contributed by atoms with van der Waals surface area (Å²) in [6, 6.07) is 9.23. The van der Waals surface area contributed by atoms with Crippen molar-refractivity contribution in [1.29, 1.82) is 0 Å². The second-order valence-electron chi connectivity index (χ2n) is 5.24. The minimum atomic E-state index is -0.547. The first-order valence-electron chi connectivity index (χ1n) is 7.18. The SMILES string of the molecule is Cc1ncnc2c1c(NCc1cccc(CN)c1)cc(=O)n2O. The topological polar surface area (TPSA) is 106 Å². The van der Waals surface area contributed by atoms with Crippen molar-refractivity contribution in [2.75, 3.05) is 5.32 Å². The van der Waals surface area contributed by atoms with Gasteiger partial charge in [0.1, 0.15) is 6.33 Å². The molecule has 7 nitrogen and oxygen atoms in total. The van der Waals surface area contributed by atoms with Crippen molar-refractivity contribution in [2.45, 2.75) is 20.0 Å². The van der Waals surface area contributed by atoms with Crippen molar-refractivity contribution in [3.63, 3.8) is 0 Å². The standard InChI is InChI=1S/C16H17N5O2/c1-10-15-13(6-14(22)21(23)16(15)20-9-19-10)18-8-12-4-2-3-11(5-12)7-17/h2-6,9,18,23H,7-8,17H2,1H3. The number of aromatic nitrogens is 3. The highest BCUT2D eigenvalue weighted by atomic mass is 16.5. The Morgan fingerprint density at radius 2 is 2.04 bits per heavy atom. The van der Waals surface area contributed by atoms with Crippen LogP contribution in [0.4, 0.5) is 5.69 Å². The smallest absolute Gasteiger partial charge is 0.286 e. The van der Waals surface area contributed by atoms with E-state index in [1.807, 2.05) is 24.3 Å². The lowest BCUT2D eigenvalue weighted by Crippen LogP contribution is -2.20. The van der Waals surface area contributed by atoms with Gasteiger partial charge in [-0.05, 0) is 18.1 Å². The van der Waals surface area contributed by atoms with Crippen LogP contribution in [0.15, 0.2) is 41.5 Å². The molecule has 0 aliphatic heterocycles. The lowest BCUT2D eigenvalue weighted by atomic mass is 10.1. The Morgan fingerprint density at radius 3 is 2.83 bits per heavy atom. The van der Waals surface area contributed by atoms with Gasteiger partial charge < -0.3 is 16.3 Å². The van der Waals surface area contributed by atoms with Gasteiger partial charge in [-0.1, -0.05) is 24.3 Å². The molecule has 0 saturated carbocycles. The average molecular weight is 311 g/mol. The van der Waals surface area contributed by atoms with E-state index in [1.54, 1.807) is 6.92 Å². The summed E-state index contributed by atoms with van der Waals surface area (Å²) in [5.41, 5.74) is 8.64. The molecular weight excluding hydrogens is 294 g/mol. The summed E-state index contributed by atoms with van der Waals surface area (Å²) in [7, 11) is 0. The second kappa shape index (κ2) is 6.05. The van der Waals surface area contributed by atoms with Gasteiger partial charge in [-0.15, -0.1) is 4.73 Å². The summed E-state index contributed by atoms with van der Waals surface area (Å²) in [4.78, 5) is 20.0. The maximum absolute atomic E-state index is 11.9. The molecule has 0 atom stereocenters. The molecule has 3 rings (SSSR count). The molecule has 0 spiro atoms. The van der Waals surface area contributed by atoms with Gasteiger partial charge in [-0.3, -0.25) is 4.79 Å². The molecule has 0 bridgehead atoms. The Labute approximate surface area is 132 Å². The van der Waals surface area contributed by atoms with Gasteiger partial charge >= 0.3 is 0 Å². The molecule has 0 aliphatic carbocycles. The Kier molecular flexibility index (Phi) is 3.94. The average Bonchev–Trinajstić information content (AvgIpc) is 2.57. The van der Waals surface area contributed by atoms with E-state index in [0.717, 1.165) is 11.1 Å². The molecule has 4 N–H and O–H groups in total. The van der Waals surface area contributed by atoms with Crippen molar-refractivity contribution in [3.05, 3.63) is 63.8 Å². The highest BCUT2D eigenvalue weighted by molar-refractivity contribution is 5.90. The van der Waals surface area contributed by atoms with Crippen LogP contribution in [0.1, 0.15) is 16.8 Å². The number of rotatable bonds is 4. The number of anilines is 1. The number of nitrogens with one attached hydrogen (secondary N) is 1. The Morgan fingerprint density at radius 1 is 1.26 bits per heavy atom. The van der Waals surface area contributed by atoms with E-state index >= 15 is 0 Å².